The van der Waals surface area contributed by atoms with Crippen molar-refractivity contribution in [2.75, 3.05) is 18.1 Å². The minimum atomic E-state index is -0.444. The van der Waals surface area contributed by atoms with Gasteiger partial charge in [0, 0.05) is 18.4 Å². The van der Waals surface area contributed by atoms with Gasteiger partial charge >= 0.3 is 5.97 Å². The number of benzene rings is 2. The number of unbranched alkanes of at least 4 members (excludes halogenated alkanes) is 3. The van der Waals surface area contributed by atoms with E-state index in [2.05, 4.69) is 37.3 Å². The van der Waals surface area contributed by atoms with Crippen molar-refractivity contribution in [1.29, 1.82) is 0 Å². The van der Waals surface area contributed by atoms with Gasteiger partial charge in [0.15, 0.2) is 0 Å². The molecule has 1 aromatic heterocycles. The second kappa shape index (κ2) is 10.6. The van der Waals surface area contributed by atoms with Gasteiger partial charge in [-0.15, -0.1) is 0 Å². The molecule has 1 aliphatic heterocycles. The van der Waals surface area contributed by atoms with Crippen LogP contribution in [0.25, 0.3) is 22.0 Å². The molecule has 5 nitrogen and oxygen atoms in total. The zero-order valence-corrected chi connectivity index (χ0v) is 19.5. The van der Waals surface area contributed by atoms with Crippen molar-refractivity contribution in [1.82, 2.24) is 4.98 Å². The van der Waals surface area contributed by atoms with Gasteiger partial charge in [-0.05, 0) is 54.7 Å². The normalized spacial score (nSPS) is 15.9. The molecule has 0 aliphatic carbocycles. The van der Waals surface area contributed by atoms with Gasteiger partial charge in [0.05, 0.1) is 18.0 Å². The van der Waals surface area contributed by atoms with Gasteiger partial charge in [-0.1, -0.05) is 62.6 Å². The van der Waals surface area contributed by atoms with Gasteiger partial charge < -0.3 is 4.74 Å². The van der Waals surface area contributed by atoms with Gasteiger partial charge in [-0.25, -0.2) is 4.98 Å². The van der Waals surface area contributed by atoms with E-state index in [1.807, 2.05) is 24.3 Å². The summed E-state index contributed by atoms with van der Waals surface area (Å²) >= 11 is 0. The lowest BCUT2D eigenvalue weighted by molar-refractivity contribution is -0.147. The second-order valence-electron chi connectivity index (χ2n) is 8.71. The fourth-order valence-electron chi connectivity index (χ4n) is 4.51. The molecule has 2 heterocycles. The summed E-state index contributed by atoms with van der Waals surface area (Å²) in [5, 5.41) is 1.09. The molecule has 1 unspecified atom stereocenters. The Morgan fingerprint density at radius 2 is 1.88 bits per heavy atom. The Morgan fingerprint density at radius 1 is 1.06 bits per heavy atom. The minimum Gasteiger partial charge on any atom is -0.466 e. The van der Waals surface area contributed by atoms with Crippen molar-refractivity contribution in [3.05, 3.63) is 60.2 Å². The molecule has 0 spiro atoms. The van der Waals surface area contributed by atoms with Gasteiger partial charge in [0.2, 0.25) is 5.91 Å². The van der Waals surface area contributed by atoms with E-state index in [0.29, 0.717) is 19.0 Å². The Morgan fingerprint density at radius 3 is 2.64 bits per heavy atom. The minimum absolute atomic E-state index is 0.0912. The molecule has 1 aliphatic rings. The summed E-state index contributed by atoms with van der Waals surface area (Å²) in [4.78, 5) is 31.5. The van der Waals surface area contributed by atoms with E-state index >= 15 is 0 Å². The molecule has 0 bridgehead atoms. The molecule has 33 heavy (non-hydrogen) atoms. The molecule has 1 amide bonds. The Labute approximate surface area is 195 Å². The van der Waals surface area contributed by atoms with Gasteiger partial charge in [-0.2, -0.15) is 0 Å². The third-order valence-corrected chi connectivity index (χ3v) is 6.28. The summed E-state index contributed by atoms with van der Waals surface area (Å²) in [5.74, 6) is -0.258. The summed E-state index contributed by atoms with van der Waals surface area (Å²) in [6.07, 6.45) is 6.14. The number of rotatable bonds is 9. The number of esters is 1. The number of nitrogens with zero attached hydrogens (tertiary/aromatic N) is 2. The van der Waals surface area contributed by atoms with E-state index < -0.39 is 5.92 Å². The first-order chi connectivity index (χ1) is 16.1. The predicted molar refractivity (Wildman–Crippen MR) is 132 cm³/mol. The van der Waals surface area contributed by atoms with Crippen LogP contribution in [0.1, 0.15) is 51.5 Å². The molecule has 3 aromatic rings. The van der Waals surface area contributed by atoms with Crippen LogP contribution in [0.15, 0.2) is 54.6 Å². The highest BCUT2D eigenvalue weighted by Gasteiger charge is 2.37. The SMILES string of the molecule is CCCCCCc1ccc2nc(N3CC(C(=O)OCC)CC3=O)cc(-c3ccccc3)c2c1. The molecular weight excluding hydrogens is 412 g/mol. The highest BCUT2D eigenvalue weighted by atomic mass is 16.5. The number of hydrogen-bond donors (Lipinski definition) is 0. The van der Waals surface area contributed by atoms with Gasteiger partial charge in [0.1, 0.15) is 5.82 Å². The molecule has 172 valence electrons. The molecule has 0 radical (unpaired) electrons. The van der Waals surface area contributed by atoms with Crippen molar-refractivity contribution >= 4 is 28.6 Å². The van der Waals surface area contributed by atoms with Crippen LogP contribution in [-0.2, 0) is 20.7 Å². The molecule has 2 aromatic carbocycles. The highest BCUT2D eigenvalue weighted by molar-refractivity contribution is 6.02. The first-order valence-corrected chi connectivity index (χ1v) is 12.1. The van der Waals surface area contributed by atoms with Crippen molar-refractivity contribution < 1.29 is 14.3 Å². The van der Waals surface area contributed by atoms with Crippen LogP contribution >= 0.6 is 0 Å². The number of aryl methyl sites for hydroxylation is 1. The number of carbonyl (C=O) groups is 2. The maximum Gasteiger partial charge on any atom is 0.311 e. The van der Waals surface area contributed by atoms with E-state index in [9.17, 15) is 9.59 Å². The largest absolute Gasteiger partial charge is 0.466 e. The van der Waals surface area contributed by atoms with Crippen molar-refractivity contribution in [2.24, 2.45) is 5.92 Å². The van der Waals surface area contributed by atoms with Crippen molar-refractivity contribution in [3.8, 4) is 11.1 Å². The van der Waals surface area contributed by atoms with E-state index in [1.165, 1.54) is 31.2 Å². The molecule has 5 heteroatoms. The maximum absolute atomic E-state index is 12.8. The fraction of sp³-hybridized carbons (Fsp3) is 0.393. The smallest absolute Gasteiger partial charge is 0.311 e. The van der Waals surface area contributed by atoms with Crippen LogP contribution < -0.4 is 4.90 Å². The molecule has 0 N–H and O–H groups in total. The molecule has 1 atom stereocenters. The zero-order chi connectivity index (χ0) is 23.2. The van der Waals surface area contributed by atoms with E-state index in [4.69, 9.17) is 9.72 Å². The average Bonchev–Trinajstić information content (AvgIpc) is 3.23. The second-order valence-corrected chi connectivity index (χ2v) is 8.71. The van der Waals surface area contributed by atoms with Crippen LogP contribution in [0.4, 0.5) is 5.82 Å². The van der Waals surface area contributed by atoms with Crippen LogP contribution in [0, 0.1) is 5.92 Å². The summed E-state index contributed by atoms with van der Waals surface area (Å²) < 4.78 is 5.14. The maximum atomic E-state index is 12.8. The number of aromatic nitrogens is 1. The molecule has 0 saturated carbocycles. The number of hydrogen-bond acceptors (Lipinski definition) is 4. The van der Waals surface area contributed by atoms with E-state index in [-0.39, 0.29) is 18.3 Å². The first-order valence-electron chi connectivity index (χ1n) is 12.1. The number of amides is 1. The van der Waals surface area contributed by atoms with E-state index in [0.717, 1.165) is 28.5 Å². The number of ether oxygens (including phenoxy) is 1. The third-order valence-electron chi connectivity index (χ3n) is 6.28. The number of anilines is 1. The topological polar surface area (TPSA) is 59.5 Å². The van der Waals surface area contributed by atoms with Crippen LogP contribution in [0.5, 0.6) is 0 Å². The quantitative estimate of drug-likeness (QED) is 0.303. The van der Waals surface area contributed by atoms with Crippen LogP contribution in [-0.4, -0.2) is 30.0 Å². The predicted octanol–water partition coefficient (Wildman–Crippen LogP) is 5.94. The van der Waals surface area contributed by atoms with Gasteiger partial charge in [-0.3, -0.25) is 14.5 Å². The third kappa shape index (κ3) is 5.24. The molecular formula is C28H32N2O3. The summed E-state index contributed by atoms with van der Waals surface area (Å²) in [6, 6.07) is 18.6. The monoisotopic (exact) mass is 444 g/mol. The molecule has 1 saturated heterocycles. The first kappa shape index (κ1) is 23.0. The summed E-state index contributed by atoms with van der Waals surface area (Å²) in [7, 11) is 0. The molecule has 4 rings (SSSR count). The van der Waals surface area contributed by atoms with E-state index in [1.54, 1.807) is 11.8 Å². The number of pyridine rings is 1. The Kier molecular flexibility index (Phi) is 7.38. The molecule has 1 fully saturated rings. The lowest BCUT2D eigenvalue weighted by Crippen LogP contribution is -2.27. The Bertz CT molecular complexity index is 1130. The van der Waals surface area contributed by atoms with Crippen LogP contribution in [0.2, 0.25) is 0 Å². The number of carbonyl (C=O) groups excluding carboxylic acids is 2. The summed E-state index contributed by atoms with van der Waals surface area (Å²) in [5.41, 5.74) is 4.31. The lowest BCUT2D eigenvalue weighted by atomic mass is 9.97. The van der Waals surface area contributed by atoms with Crippen molar-refractivity contribution in [2.45, 2.75) is 52.4 Å². The average molecular weight is 445 g/mol. The summed E-state index contributed by atoms with van der Waals surface area (Å²) in [6.45, 7) is 4.63. The van der Waals surface area contributed by atoms with Gasteiger partial charge in [0.25, 0.3) is 0 Å². The Hall–Kier alpha value is -3.21. The zero-order valence-electron chi connectivity index (χ0n) is 19.5. The van der Waals surface area contributed by atoms with Crippen LogP contribution in [0.3, 0.4) is 0 Å². The fourth-order valence-corrected chi connectivity index (χ4v) is 4.51. The standard InChI is InChI=1S/C28H32N2O3/c1-3-5-6-8-11-20-14-15-25-24(16-20)23(21-12-9-7-10-13-21)18-26(29-25)30-19-22(17-27(30)31)28(32)33-4-2/h7,9-10,12-16,18,22H,3-6,8,11,17,19H2,1-2H3. The van der Waals surface area contributed by atoms with Crippen molar-refractivity contribution in [3.63, 3.8) is 0 Å². The number of fused-ring (bicyclic) bond motifs is 1. The Balaban J connectivity index is 1.70. The lowest BCUT2D eigenvalue weighted by Gasteiger charge is -2.18. The highest BCUT2D eigenvalue weighted by Crippen LogP contribution is 2.34.